The number of carbonyl (C=O) groups excluding carboxylic acids is 1. The Hall–Kier alpha value is -1.20. The molecule has 0 unspecified atom stereocenters. The van der Waals surface area contributed by atoms with E-state index in [4.69, 9.17) is 11.6 Å². The highest BCUT2D eigenvalue weighted by Crippen LogP contribution is 2.28. The smallest absolute Gasteiger partial charge is 0.229 e. The average Bonchev–Trinajstić information content (AvgIpc) is 3.15. The molecule has 1 amide bonds. The Morgan fingerprint density at radius 1 is 1.27 bits per heavy atom. The fraction of sp³-hybridized carbons (Fsp3) is 0.526. The summed E-state index contributed by atoms with van der Waals surface area (Å²) >= 11 is 8.85. The summed E-state index contributed by atoms with van der Waals surface area (Å²) in [5.41, 5.74) is 0.696. The molecule has 0 aliphatic carbocycles. The largest absolute Gasteiger partial charge is 0.300 e. The zero-order chi connectivity index (χ0) is 21.7. The van der Waals surface area contributed by atoms with Gasteiger partial charge in [-0.3, -0.25) is 4.79 Å². The molecular formula is C19H25ClN4O3S3. The molecule has 0 atom stereocenters. The number of thioether (sulfide) groups is 1. The van der Waals surface area contributed by atoms with Gasteiger partial charge in [-0.2, -0.15) is 0 Å². The summed E-state index contributed by atoms with van der Waals surface area (Å²) in [5.74, 6) is 1.08. The molecule has 1 aromatic heterocycles. The minimum absolute atomic E-state index is 0.0668. The zero-order valence-electron chi connectivity index (χ0n) is 16.9. The molecule has 0 spiro atoms. The van der Waals surface area contributed by atoms with Crippen LogP contribution in [0.4, 0.5) is 5.13 Å². The zero-order valence-corrected chi connectivity index (χ0v) is 20.1. The van der Waals surface area contributed by atoms with Crippen LogP contribution in [-0.4, -0.2) is 47.7 Å². The van der Waals surface area contributed by atoms with Crippen LogP contribution < -0.4 is 5.32 Å². The molecule has 30 heavy (non-hydrogen) atoms. The van der Waals surface area contributed by atoms with Crippen LogP contribution in [0.5, 0.6) is 0 Å². The van der Waals surface area contributed by atoms with Crippen molar-refractivity contribution in [3.8, 4) is 0 Å². The standard InChI is InChI=1S/C19H25ClN4O3S3/c1-13(2)11-28-19-23-22-18(29-19)21-17(25)15-7-9-24(10-8-15)30(26,27)12-14-3-5-16(20)6-4-14/h3-6,13,15H,7-12H2,1-2H3,(H,21,22,25). The third-order valence-corrected chi connectivity index (χ3v) is 9.16. The van der Waals surface area contributed by atoms with Gasteiger partial charge in [-0.25, -0.2) is 12.7 Å². The number of nitrogens with zero attached hydrogens (tertiary/aromatic N) is 3. The van der Waals surface area contributed by atoms with Crippen LogP contribution in [0.1, 0.15) is 32.3 Å². The van der Waals surface area contributed by atoms with Gasteiger partial charge in [-0.1, -0.05) is 60.7 Å². The van der Waals surface area contributed by atoms with E-state index in [1.807, 2.05) is 0 Å². The van der Waals surface area contributed by atoms with Gasteiger partial charge >= 0.3 is 0 Å². The van der Waals surface area contributed by atoms with Crippen LogP contribution >= 0.6 is 34.7 Å². The average molecular weight is 489 g/mol. The lowest BCUT2D eigenvalue weighted by atomic mass is 9.97. The molecule has 0 saturated carbocycles. The molecule has 1 aliphatic heterocycles. The van der Waals surface area contributed by atoms with Crippen molar-refractivity contribution in [1.29, 1.82) is 0 Å². The van der Waals surface area contributed by atoms with E-state index in [0.29, 0.717) is 47.6 Å². The fourth-order valence-electron chi connectivity index (χ4n) is 3.04. The molecule has 7 nitrogen and oxygen atoms in total. The van der Waals surface area contributed by atoms with Gasteiger partial charge < -0.3 is 5.32 Å². The lowest BCUT2D eigenvalue weighted by Crippen LogP contribution is -2.41. The summed E-state index contributed by atoms with van der Waals surface area (Å²) in [4.78, 5) is 12.6. The van der Waals surface area contributed by atoms with E-state index in [-0.39, 0.29) is 17.6 Å². The van der Waals surface area contributed by atoms with E-state index >= 15 is 0 Å². The number of piperidine rings is 1. The third-order valence-electron chi connectivity index (χ3n) is 4.66. The second-order valence-electron chi connectivity index (χ2n) is 7.62. The van der Waals surface area contributed by atoms with Crippen LogP contribution in [0.25, 0.3) is 0 Å². The van der Waals surface area contributed by atoms with Crippen molar-refractivity contribution < 1.29 is 13.2 Å². The third kappa shape index (κ3) is 6.65. The molecule has 11 heteroatoms. The highest BCUT2D eigenvalue weighted by atomic mass is 35.5. The van der Waals surface area contributed by atoms with Gasteiger partial charge in [0.25, 0.3) is 0 Å². The Labute approximate surface area is 190 Å². The Morgan fingerprint density at radius 2 is 1.93 bits per heavy atom. The first-order chi connectivity index (χ1) is 14.2. The monoisotopic (exact) mass is 488 g/mol. The van der Waals surface area contributed by atoms with E-state index in [1.54, 1.807) is 36.0 Å². The molecule has 0 bridgehead atoms. The van der Waals surface area contributed by atoms with Crippen molar-refractivity contribution in [3.05, 3.63) is 34.9 Å². The van der Waals surface area contributed by atoms with Crippen molar-refractivity contribution in [2.45, 2.75) is 36.8 Å². The summed E-state index contributed by atoms with van der Waals surface area (Å²) in [6.45, 7) is 4.94. The van der Waals surface area contributed by atoms with Crippen LogP contribution in [0.15, 0.2) is 28.6 Å². The Bertz CT molecular complexity index is 956. The van der Waals surface area contributed by atoms with Gasteiger partial charge in [0.2, 0.25) is 21.1 Å². The number of anilines is 1. The van der Waals surface area contributed by atoms with E-state index in [2.05, 4.69) is 29.4 Å². The number of benzene rings is 1. The summed E-state index contributed by atoms with van der Waals surface area (Å²) in [7, 11) is -3.43. The maximum absolute atomic E-state index is 12.7. The molecule has 164 valence electrons. The normalized spacial score (nSPS) is 16.1. The van der Waals surface area contributed by atoms with Crippen molar-refractivity contribution in [3.63, 3.8) is 0 Å². The van der Waals surface area contributed by atoms with Crippen molar-refractivity contribution in [1.82, 2.24) is 14.5 Å². The first-order valence-corrected chi connectivity index (χ1v) is 13.5. The maximum atomic E-state index is 12.7. The van der Waals surface area contributed by atoms with Crippen LogP contribution in [-0.2, 0) is 20.6 Å². The van der Waals surface area contributed by atoms with E-state index in [0.717, 1.165) is 10.1 Å². The second kappa shape index (κ2) is 10.4. The Kier molecular flexibility index (Phi) is 8.14. The van der Waals surface area contributed by atoms with E-state index in [1.165, 1.54) is 15.6 Å². The molecule has 1 aliphatic rings. The van der Waals surface area contributed by atoms with Crippen LogP contribution in [0.2, 0.25) is 5.02 Å². The first-order valence-electron chi connectivity index (χ1n) is 9.72. The molecule has 1 saturated heterocycles. The molecule has 1 fully saturated rings. The Balaban J connectivity index is 1.49. The molecule has 2 aromatic rings. The van der Waals surface area contributed by atoms with Crippen molar-refractivity contribution >= 4 is 55.8 Å². The van der Waals surface area contributed by atoms with Gasteiger partial charge in [-0.15, -0.1) is 10.2 Å². The predicted molar refractivity (Wildman–Crippen MR) is 122 cm³/mol. The molecule has 3 rings (SSSR count). The highest BCUT2D eigenvalue weighted by Gasteiger charge is 2.31. The molecular weight excluding hydrogens is 464 g/mol. The summed E-state index contributed by atoms with van der Waals surface area (Å²) in [6, 6.07) is 6.80. The van der Waals surface area contributed by atoms with Gasteiger partial charge in [0.15, 0.2) is 4.34 Å². The SMILES string of the molecule is CC(C)CSc1nnc(NC(=O)C2CCN(S(=O)(=O)Cc3ccc(Cl)cc3)CC2)s1. The van der Waals surface area contributed by atoms with Crippen molar-refractivity contribution in [2.24, 2.45) is 11.8 Å². The number of amides is 1. The summed E-state index contributed by atoms with van der Waals surface area (Å²) in [5, 5.41) is 12.0. The minimum atomic E-state index is -3.43. The number of halogens is 1. The Morgan fingerprint density at radius 3 is 2.57 bits per heavy atom. The number of hydrogen-bond donors (Lipinski definition) is 1. The van der Waals surface area contributed by atoms with Gasteiger partial charge in [0, 0.05) is 29.8 Å². The van der Waals surface area contributed by atoms with E-state index in [9.17, 15) is 13.2 Å². The van der Waals surface area contributed by atoms with Crippen LogP contribution in [0, 0.1) is 11.8 Å². The molecule has 1 aromatic carbocycles. The highest BCUT2D eigenvalue weighted by molar-refractivity contribution is 8.01. The maximum Gasteiger partial charge on any atom is 0.229 e. The fourth-order valence-corrected chi connectivity index (χ4v) is 6.46. The first kappa shape index (κ1) is 23.5. The lowest BCUT2D eigenvalue weighted by molar-refractivity contribution is -0.120. The number of hydrogen-bond acceptors (Lipinski definition) is 7. The number of carbonyl (C=O) groups is 1. The van der Waals surface area contributed by atoms with E-state index < -0.39 is 10.0 Å². The van der Waals surface area contributed by atoms with Gasteiger partial charge in [-0.05, 0) is 36.5 Å². The van der Waals surface area contributed by atoms with Gasteiger partial charge in [0.05, 0.1) is 5.75 Å². The molecule has 1 N–H and O–H groups in total. The van der Waals surface area contributed by atoms with Gasteiger partial charge in [0.1, 0.15) is 0 Å². The minimum Gasteiger partial charge on any atom is -0.300 e. The quantitative estimate of drug-likeness (QED) is 0.444. The number of sulfonamides is 1. The van der Waals surface area contributed by atoms with Crippen LogP contribution in [0.3, 0.4) is 0 Å². The topological polar surface area (TPSA) is 92.3 Å². The molecule has 0 radical (unpaired) electrons. The summed E-state index contributed by atoms with van der Waals surface area (Å²) < 4.78 is 27.7. The number of rotatable bonds is 8. The second-order valence-corrected chi connectivity index (χ2v) is 12.3. The lowest BCUT2D eigenvalue weighted by Gasteiger charge is -2.30. The molecule has 2 heterocycles. The number of aromatic nitrogens is 2. The van der Waals surface area contributed by atoms with Crippen molar-refractivity contribution in [2.75, 3.05) is 24.2 Å². The predicted octanol–water partition coefficient (Wildman–Crippen LogP) is 4.12. The number of nitrogens with one attached hydrogen (secondary N) is 1. The summed E-state index contributed by atoms with van der Waals surface area (Å²) in [6.07, 6.45) is 0.971.